The molecule has 2 N–H and O–H groups in total. The molecule has 4 rings (SSSR count). The molecule has 1 aliphatic heterocycles. The fourth-order valence-electron chi connectivity index (χ4n) is 4.40. The number of aromatic nitrogens is 2. The van der Waals surface area contributed by atoms with Gasteiger partial charge in [-0.05, 0) is 42.7 Å². The molecule has 7 heteroatoms. The fraction of sp³-hybridized carbons (Fsp3) is 0.385. The molecule has 0 spiro atoms. The second-order valence-electron chi connectivity index (χ2n) is 8.24. The highest BCUT2D eigenvalue weighted by Gasteiger charge is 2.42. The standard InChI is InChI=1S/C26H31N3O4/c1-4-6-9-15-33-20-13-12-17(16-21(20)32-3)25-22-23(18-10-7-8-11-19(18)30)27-28-24(22)26(31)29(25)14-5-2/h7-8,10-13,16,25,30H,4-6,9,14-15H2,1-3H3,(H,27,28)/t25-/m1/s1. The van der Waals surface area contributed by atoms with Crippen LogP contribution in [0.4, 0.5) is 0 Å². The molecular formula is C26H31N3O4. The summed E-state index contributed by atoms with van der Waals surface area (Å²) in [5, 5.41) is 17.8. The molecule has 0 fully saturated rings. The zero-order chi connectivity index (χ0) is 23.4. The van der Waals surface area contributed by atoms with Crippen LogP contribution in [0.1, 0.15) is 67.2 Å². The highest BCUT2D eigenvalue weighted by Crippen LogP contribution is 2.45. The number of carbonyl (C=O) groups excluding carboxylic acids is 1. The second kappa shape index (κ2) is 9.98. The minimum absolute atomic E-state index is 0.0927. The Labute approximate surface area is 194 Å². The van der Waals surface area contributed by atoms with Gasteiger partial charge in [0, 0.05) is 17.7 Å². The van der Waals surface area contributed by atoms with Crippen molar-refractivity contribution in [2.24, 2.45) is 0 Å². The third-order valence-electron chi connectivity index (χ3n) is 6.00. The van der Waals surface area contributed by atoms with Crippen LogP contribution in [0.15, 0.2) is 42.5 Å². The molecule has 0 bridgehead atoms. The van der Waals surface area contributed by atoms with Crippen molar-refractivity contribution in [3.8, 4) is 28.5 Å². The summed E-state index contributed by atoms with van der Waals surface area (Å²) in [7, 11) is 1.62. The van der Waals surface area contributed by atoms with Crippen molar-refractivity contribution >= 4 is 5.91 Å². The van der Waals surface area contributed by atoms with Gasteiger partial charge in [0.1, 0.15) is 17.1 Å². The number of nitrogens with one attached hydrogen (secondary N) is 1. The Morgan fingerprint density at radius 1 is 1.09 bits per heavy atom. The van der Waals surface area contributed by atoms with E-state index in [1.807, 2.05) is 42.2 Å². The summed E-state index contributed by atoms with van der Waals surface area (Å²) in [6.07, 6.45) is 4.07. The number of H-pyrrole nitrogens is 1. The average molecular weight is 450 g/mol. The molecule has 1 atom stereocenters. The van der Waals surface area contributed by atoms with Gasteiger partial charge in [0.15, 0.2) is 11.5 Å². The van der Waals surface area contributed by atoms with Gasteiger partial charge in [-0.15, -0.1) is 0 Å². The van der Waals surface area contributed by atoms with E-state index in [2.05, 4.69) is 17.1 Å². The lowest BCUT2D eigenvalue weighted by Crippen LogP contribution is -2.30. The van der Waals surface area contributed by atoms with Gasteiger partial charge >= 0.3 is 0 Å². The molecule has 7 nitrogen and oxygen atoms in total. The van der Waals surface area contributed by atoms with Gasteiger partial charge in [-0.1, -0.05) is 44.9 Å². The monoisotopic (exact) mass is 449 g/mol. The molecule has 1 amide bonds. The van der Waals surface area contributed by atoms with E-state index in [9.17, 15) is 9.90 Å². The number of phenolic OH excluding ortho intramolecular Hbond substituents is 1. The van der Waals surface area contributed by atoms with E-state index in [0.717, 1.165) is 36.8 Å². The molecule has 0 radical (unpaired) electrons. The molecule has 174 valence electrons. The van der Waals surface area contributed by atoms with Crippen molar-refractivity contribution in [3.63, 3.8) is 0 Å². The smallest absolute Gasteiger partial charge is 0.273 e. The average Bonchev–Trinajstić information content (AvgIpc) is 3.37. The van der Waals surface area contributed by atoms with E-state index in [4.69, 9.17) is 9.47 Å². The number of ether oxygens (including phenoxy) is 2. The Morgan fingerprint density at radius 3 is 2.64 bits per heavy atom. The number of aromatic hydroxyl groups is 1. The maximum Gasteiger partial charge on any atom is 0.273 e. The first kappa shape index (κ1) is 22.7. The number of nitrogens with zero attached hydrogens (tertiary/aromatic N) is 2. The van der Waals surface area contributed by atoms with Crippen LogP contribution in [0.3, 0.4) is 0 Å². The lowest BCUT2D eigenvalue weighted by atomic mass is 9.95. The van der Waals surface area contributed by atoms with Crippen LogP contribution in [0, 0.1) is 0 Å². The van der Waals surface area contributed by atoms with E-state index in [1.165, 1.54) is 0 Å². The first-order valence-electron chi connectivity index (χ1n) is 11.6. The Balaban J connectivity index is 1.76. The lowest BCUT2D eigenvalue weighted by Gasteiger charge is -2.26. The number of methoxy groups -OCH3 is 1. The van der Waals surface area contributed by atoms with Gasteiger partial charge in [0.05, 0.1) is 19.8 Å². The van der Waals surface area contributed by atoms with Crippen molar-refractivity contribution in [2.45, 2.75) is 45.6 Å². The number of aromatic amines is 1. The van der Waals surface area contributed by atoms with Crippen LogP contribution >= 0.6 is 0 Å². The first-order chi connectivity index (χ1) is 16.1. The fourth-order valence-corrected chi connectivity index (χ4v) is 4.40. The van der Waals surface area contributed by atoms with Gasteiger partial charge < -0.3 is 19.5 Å². The van der Waals surface area contributed by atoms with Crippen LogP contribution in [-0.2, 0) is 0 Å². The van der Waals surface area contributed by atoms with Crippen molar-refractivity contribution < 1.29 is 19.4 Å². The predicted octanol–water partition coefficient (Wildman–Crippen LogP) is 5.32. The number of hydrogen-bond donors (Lipinski definition) is 2. The number of phenols is 1. The molecule has 0 aliphatic carbocycles. The van der Waals surface area contributed by atoms with E-state index in [1.54, 1.807) is 19.2 Å². The number of rotatable bonds is 10. The molecular weight excluding hydrogens is 418 g/mol. The third kappa shape index (κ3) is 4.27. The number of benzene rings is 2. The summed E-state index contributed by atoms with van der Waals surface area (Å²) in [6.45, 7) is 5.45. The maximum absolute atomic E-state index is 13.3. The minimum atomic E-state index is -0.344. The van der Waals surface area contributed by atoms with Gasteiger partial charge in [0.25, 0.3) is 5.91 Å². The Kier molecular flexibility index (Phi) is 6.87. The lowest BCUT2D eigenvalue weighted by molar-refractivity contribution is 0.0743. The van der Waals surface area contributed by atoms with Crippen LogP contribution in [0.25, 0.3) is 11.3 Å². The summed E-state index contributed by atoms with van der Waals surface area (Å²) in [4.78, 5) is 15.1. The van der Waals surface area contributed by atoms with Gasteiger partial charge in [-0.2, -0.15) is 5.10 Å². The largest absolute Gasteiger partial charge is 0.507 e. The second-order valence-corrected chi connectivity index (χ2v) is 8.24. The number of hydrogen-bond acceptors (Lipinski definition) is 5. The quantitative estimate of drug-likeness (QED) is 0.409. The summed E-state index contributed by atoms with van der Waals surface area (Å²) in [5.74, 6) is 1.36. The Hall–Kier alpha value is -3.48. The molecule has 2 heterocycles. The summed E-state index contributed by atoms with van der Waals surface area (Å²) in [6, 6.07) is 12.5. The molecule has 1 aromatic heterocycles. The normalized spacial score (nSPS) is 15.1. The SMILES string of the molecule is CCCCCOc1ccc([C@@H]2c3c(-c4ccccc4O)n[nH]c3C(=O)N2CCC)cc1OC. The van der Waals surface area contributed by atoms with Crippen molar-refractivity contribution in [1.29, 1.82) is 0 Å². The molecule has 33 heavy (non-hydrogen) atoms. The topological polar surface area (TPSA) is 87.7 Å². The number of amides is 1. The van der Waals surface area contributed by atoms with Crippen molar-refractivity contribution in [2.75, 3.05) is 20.3 Å². The molecule has 1 aliphatic rings. The molecule has 3 aromatic rings. The zero-order valence-electron chi connectivity index (χ0n) is 19.4. The maximum atomic E-state index is 13.3. The van der Waals surface area contributed by atoms with Crippen LogP contribution in [-0.4, -0.2) is 46.4 Å². The highest BCUT2D eigenvalue weighted by atomic mass is 16.5. The Morgan fingerprint density at radius 2 is 1.91 bits per heavy atom. The first-order valence-corrected chi connectivity index (χ1v) is 11.6. The van der Waals surface area contributed by atoms with E-state index in [-0.39, 0.29) is 17.7 Å². The van der Waals surface area contributed by atoms with Gasteiger partial charge in [-0.25, -0.2) is 0 Å². The number of fused-ring (bicyclic) bond motifs is 1. The predicted molar refractivity (Wildman–Crippen MR) is 127 cm³/mol. The van der Waals surface area contributed by atoms with Gasteiger partial charge in [-0.3, -0.25) is 9.89 Å². The summed E-state index contributed by atoms with van der Waals surface area (Å²) < 4.78 is 11.6. The van der Waals surface area contributed by atoms with Crippen LogP contribution in [0.2, 0.25) is 0 Å². The van der Waals surface area contributed by atoms with E-state index in [0.29, 0.717) is 41.6 Å². The molecule has 0 unspecified atom stereocenters. The van der Waals surface area contributed by atoms with Crippen LogP contribution < -0.4 is 9.47 Å². The molecule has 0 saturated carbocycles. The van der Waals surface area contributed by atoms with Crippen molar-refractivity contribution in [1.82, 2.24) is 15.1 Å². The van der Waals surface area contributed by atoms with Crippen LogP contribution in [0.5, 0.6) is 17.2 Å². The summed E-state index contributed by atoms with van der Waals surface area (Å²) in [5.41, 5.74) is 3.32. The molecule has 2 aromatic carbocycles. The van der Waals surface area contributed by atoms with E-state index >= 15 is 0 Å². The number of para-hydroxylation sites is 1. The minimum Gasteiger partial charge on any atom is -0.507 e. The third-order valence-corrected chi connectivity index (χ3v) is 6.00. The number of unbranched alkanes of at least 4 members (excludes halogenated alkanes) is 2. The zero-order valence-corrected chi connectivity index (χ0v) is 19.4. The van der Waals surface area contributed by atoms with E-state index < -0.39 is 0 Å². The Bertz CT molecular complexity index is 1120. The number of carbonyl (C=O) groups is 1. The van der Waals surface area contributed by atoms with Crippen molar-refractivity contribution in [3.05, 3.63) is 59.3 Å². The summed E-state index contributed by atoms with van der Waals surface area (Å²) >= 11 is 0. The molecule has 0 saturated heterocycles. The van der Waals surface area contributed by atoms with Gasteiger partial charge in [0.2, 0.25) is 0 Å². The highest BCUT2D eigenvalue weighted by molar-refractivity contribution is 6.00.